The molecule has 0 saturated heterocycles. The van der Waals surface area contributed by atoms with Crippen molar-refractivity contribution in [1.82, 2.24) is 9.97 Å². The average molecular weight is 315 g/mol. The number of hydrogen-bond acceptors (Lipinski definition) is 2. The van der Waals surface area contributed by atoms with Crippen LogP contribution >= 0.6 is 0 Å². The van der Waals surface area contributed by atoms with Crippen molar-refractivity contribution in [2.45, 2.75) is 0 Å². The van der Waals surface area contributed by atoms with Gasteiger partial charge in [0.25, 0.3) is 0 Å². The van der Waals surface area contributed by atoms with E-state index in [0.29, 0.717) is 0 Å². The van der Waals surface area contributed by atoms with E-state index in [4.69, 9.17) is 0 Å². The summed E-state index contributed by atoms with van der Waals surface area (Å²) in [5.74, 6) is 0. The second-order valence-corrected chi connectivity index (χ2v) is 4.78. The van der Waals surface area contributed by atoms with Gasteiger partial charge in [-0.15, -0.1) is 0 Å². The van der Waals surface area contributed by atoms with Gasteiger partial charge < -0.3 is 0 Å². The van der Waals surface area contributed by atoms with E-state index in [0.717, 1.165) is 33.2 Å². The Morgan fingerprint density at radius 2 is 0.905 bits per heavy atom. The molecule has 0 aliphatic carbocycles. The Bertz CT molecular complexity index is 841. The van der Waals surface area contributed by atoms with Crippen LogP contribution in [0.4, 0.5) is 0 Å². The van der Waals surface area contributed by atoms with E-state index in [-0.39, 0.29) is 16.5 Å². The summed E-state index contributed by atoms with van der Waals surface area (Å²) >= 11 is 0. The molecule has 0 saturated carbocycles. The van der Waals surface area contributed by atoms with Crippen LogP contribution in [-0.2, 0) is 16.5 Å². The van der Waals surface area contributed by atoms with Gasteiger partial charge >= 0.3 is 16.5 Å². The van der Waals surface area contributed by atoms with Crippen molar-refractivity contribution >= 4 is 21.8 Å². The van der Waals surface area contributed by atoms with Crippen molar-refractivity contribution in [3.05, 3.63) is 72.8 Å². The van der Waals surface area contributed by atoms with Gasteiger partial charge in [0.15, 0.2) is 0 Å². The zero-order valence-electron chi connectivity index (χ0n) is 11.1. The number of pyridine rings is 2. The van der Waals surface area contributed by atoms with E-state index in [1.54, 1.807) is 0 Å². The summed E-state index contributed by atoms with van der Waals surface area (Å²) in [5.41, 5.74) is 3.82. The predicted molar refractivity (Wildman–Crippen MR) is 82.5 cm³/mol. The van der Waals surface area contributed by atoms with Crippen molar-refractivity contribution in [2.75, 3.05) is 0 Å². The molecule has 0 unspecified atom stereocenters. The molecule has 0 fully saturated rings. The molecule has 2 aromatic heterocycles. The molecule has 2 heterocycles. The average Bonchev–Trinajstić information content (AvgIpc) is 2.54. The van der Waals surface area contributed by atoms with Crippen molar-refractivity contribution in [2.24, 2.45) is 0 Å². The van der Waals surface area contributed by atoms with E-state index in [2.05, 4.69) is 34.2 Å². The second-order valence-electron chi connectivity index (χ2n) is 4.78. The summed E-state index contributed by atoms with van der Waals surface area (Å²) in [6, 6.07) is 24.5. The molecule has 102 valence electrons. The molecule has 0 spiro atoms. The molecule has 0 aliphatic rings. The maximum atomic E-state index is 4.69. The van der Waals surface area contributed by atoms with Crippen LogP contribution in [0.25, 0.3) is 33.2 Å². The van der Waals surface area contributed by atoms with Crippen molar-refractivity contribution < 1.29 is 16.5 Å². The number of benzene rings is 2. The zero-order chi connectivity index (χ0) is 13.4. The Kier molecular flexibility index (Phi) is 3.68. The molecule has 21 heavy (non-hydrogen) atoms. The predicted octanol–water partition coefficient (Wildman–Crippen LogP) is 4.45. The molecule has 0 N–H and O–H groups in total. The fourth-order valence-electron chi connectivity index (χ4n) is 2.42. The first-order valence-corrected chi connectivity index (χ1v) is 6.62. The number of nitrogens with zero attached hydrogens (tertiary/aromatic N) is 2. The number of hydrogen-bond donors (Lipinski definition) is 0. The summed E-state index contributed by atoms with van der Waals surface area (Å²) in [4.78, 5) is 9.38. The zero-order valence-corrected chi connectivity index (χ0v) is 12.1. The van der Waals surface area contributed by atoms with Crippen LogP contribution in [0.1, 0.15) is 0 Å². The third-order valence-electron chi connectivity index (χ3n) is 3.46. The molecular weight excluding hydrogens is 303 g/mol. The fraction of sp³-hybridized carbons (Fsp3) is 0. The Hall–Kier alpha value is -2.25. The number of fused-ring (bicyclic) bond motifs is 2. The Morgan fingerprint density at radius 3 is 1.38 bits per heavy atom. The molecular formula is C18H12N2Ni+2. The van der Waals surface area contributed by atoms with Gasteiger partial charge in [-0.3, -0.25) is 0 Å². The Morgan fingerprint density at radius 1 is 0.476 bits per heavy atom. The quantitative estimate of drug-likeness (QED) is 0.485. The van der Waals surface area contributed by atoms with E-state index in [1.165, 1.54) is 0 Å². The van der Waals surface area contributed by atoms with Crippen LogP contribution in [0, 0.1) is 0 Å². The van der Waals surface area contributed by atoms with Gasteiger partial charge in [-0.05, 0) is 24.3 Å². The largest absolute Gasteiger partial charge is 2.00 e. The standard InChI is InChI=1S/C18H12N2.Ni/c1-3-7-15-13(5-1)9-11-17(19-15)18-12-10-14-6-2-4-8-16(14)20-18;/h1-12H;/q;+2. The van der Waals surface area contributed by atoms with Gasteiger partial charge in [-0.1, -0.05) is 48.5 Å². The topological polar surface area (TPSA) is 25.8 Å². The van der Waals surface area contributed by atoms with Crippen LogP contribution < -0.4 is 0 Å². The van der Waals surface area contributed by atoms with Gasteiger partial charge in [0, 0.05) is 10.8 Å². The smallest absolute Gasteiger partial charge is 0.246 e. The fourth-order valence-corrected chi connectivity index (χ4v) is 2.42. The normalized spacial score (nSPS) is 10.5. The van der Waals surface area contributed by atoms with Gasteiger partial charge in [-0.25, -0.2) is 9.97 Å². The van der Waals surface area contributed by atoms with E-state index in [1.807, 2.05) is 48.5 Å². The SMILES string of the molecule is [Ni+2].c1ccc2nc(-c3ccc4ccccc4n3)ccc2c1. The molecule has 0 bridgehead atoms. The molecule has 0 radical (unpaired) electrons. The van der Waals surface area contributed by atoms with E-state index < -0.39 is 0 Å². The minimum absolute atomic E-state index is 0. The summed E-state index contributed by atoms with van der Waals surface area (Å²) in [7, 11) is 0. The number of aromatic nitrogens is 2. The van der Waals surface area contributed by atoms with Gasteiger partial charge in [0.2, 0.25) is 0 Å². The first-order chi connectivity index (χ1) is 9.90. The third-order valence-corrected chi connectivity index (χ3v) is 3.46. The first kappa shape index (κ1) is 13.7. The van der Waals surface area contributed by atoms with Crippen LogP contribution in [0.5, 0.6) is 0 Å². The number of para-hydroxylation sites is 2. The van der Waals surface area contributed by atoms with Crippen LogP contribution in [0.15, 0.2) is 72.8 Å². The van der Waals surface area contributed by atoms with Crippen LogP contribution in [0.2, 0.25) is 0 Å². The molecule has 0 aliphatic heterocycles. The van der Waals surface area contributed by atoms with E-state index in [9.17, 15) is 0 Å². The summed E-state index contributed by atoms with van der Waals surface area (Å²) < 4.78 is 0. The van der Waals surface area contributed by atoms with Gasteiger partial charge in [-0.2, -0.15) is 0 Å². The molecule has 4 rings (SSSR count). The number of rotatable bonds is 1. The first-order valence-electron chi connectivity index (χ1n) is 6.62. The summed E-state index contributed by atoms with van der Waals surface area (Å²) in [5, 5.41) is 2.30. The van der Waals surface area contributed by atoms with Crippen LogP contribution in [0.3, 0.4) is 0 Å². The van der Waals surface area contributed by atoms with Crippen molar-refractivity contribution in [3.63, 3.8) is 0 Å². The van der Waals surface area contributed by atoms with Gasteiger partial charge in [0.05, 0.1) is 22.4 Å². The van der Waals surface area contributed by atoms with E-state index >= 15 is 0 Å². The minimum atomic E-state index is 0. The van der Waals surface area contributed by atoms with Crippen molar-refractivity contribution in [1.29, 1.82) is 0 Å². The van der Waals surface area contributed by atoms with Crippen molar-refractivity contribution in [3.8, 4) is 11.4 Å². The molecule has 3 heteroatoms. The maximum absolute atomic E-state index is 4.69. The Labute approximate surface area is 132 Å². The Balaban J connectivity index is 0.00000132. The third kappa shape index (κ3) is 2.53. The molecule has 2 aromatic carbocycles. The maximum Gasteiger partial charge on any atom is 2.00 e. The molecule has 0 atom stereocenters. The monoisotopic (exact) mass is 314 g/mol. The van der Waals surface area contributed by atoms with Gasteiger partial charge in [0.1, 0.15) is 0 Å². The minimum Gasteiger partial charge on any atom is -0.246 e. The molecule has 0 amide bonds. The molecule has 2 nitrogen and oxygen atoms in total. The van der Waals surface area contributed by atoms with Crippen LogP contribution in [-0.4, -0.2) is 9.97 Å². The second kappa shape index (κ2) is 5.63. The summed E-state index contributed by atoms with van der Waals surface area (Å²) in [6.45, 7) is 0. The summed E-state index contributed by atoms with van der Waals surface area (Å²) in [6.07, 6.45) is 0. The molecule has 4 aromatic rings.